The fraction of sp³-hybridized carbons (Fsp3) is 0.565. The first-order chi connectivity index (χ1) is 16.2. The van der Waals surface area contributed by atoms with Crippen LogP contribution in [0.3, 0.4) is 0 Å². The van der Waals surface area contributed by atoms with E-state index in [0.717, 1.165) is 75.6 Å². The number of anilines is 4. The molecule has 0 amide bonds. The molecule has 2 fully saturated rings. The average Bonchev–Trinajstić information content (AvgIpc) is 3.54. The van der Waals surface area contributed by atoms with Crippen molar-refractivity contribution in [2.75, 3.05) is 79.8 Å². The van der Waals surface area contributed by atoms with E-state index in [0.29, 0.717) is 5.11 Å². The molecule has 0 aromatic carbocycles. The van der Waals surface area contributed by atoms with Crippen LogP contribution in [0.1, 0.15) is 25.7 Å². The van der Waals surface area contributed by atoms with Crippen LogP contribution < -0.4 is 25.8 Å². The summed E-state index contributed by atoms with van der Waals surface area (Å²) < 4.78 is 0. The third-order valence-corrected chi connectivity index (χ3v) is 6.26. The van der Waals surface area contributed by atoms with Gasteiger partial charge in [-0.15, -0.1) is 0 Å². The number of nitrogens with zero attached hydrogens (tertiary/aromatic N) is 6. The lowest BCUT2D eigenvalue weighted by molar-refractivity contribution is 0.352. The highest BCUT2D eigenvalue weighted by molar-refractivity contribution is 7.80. The second-order valence-electron chi connectivity index (χ2n) is 8.65. The van der Waals surface area contributed by atoms with E-state index in [2.05, 4.69) is 48.7 Å². The van der Waals surface area contributed by atoms with Crippen molar-refractivity contribution in [1.82, 2.24) is 25.2 Å². The molecule has 4 heterocycles. The molecule has 2 aromatic heterocycles. The highest BCUT2D eigenvalue weighted by Gasteiger charge is 2.20. The highest BCUT2D eigenvalue weighted by Crippen LogP contribution is 2.25. The summed E-state index contributed by atoms with van der Waals surface area (Å²) in [5.41, 5.74) is 0.888. The quantitative estimate of drug-likeness (QED) is 0.451. The maximum atomic E-state index is 5.35. The van der Waals surface area contributed by atoms with E-state index in [9.17, 15) is 0 Å². The summed E-state index contributed by atoms with van der Waals surface area (Å²) in [4.78, 5) is 20.8. The third-order valence-electron chi connectivity index (χ3n) is 6.02. The Kier molecular flexibility index (Phi) is 8.48. The van der Waals surface area contributed by atoms with Crippen molar-refractivity contribution in [3.63, 3.8) is 0 Å². The van der Waals surface area contributed by atoms with Crippen LogP contribution in [0.2, 0.25) is 0 Å². The van der Waals surface area contributed by atoms with Gasteiger partial charge < -0.3 is 30.7 Å². The molecule has 2 aromatic rings. The Morgan fingerprint density at radius 3 is 2.48 bits per heavy atom. The number of hydrogen-bond acceptors (Lipinski definition) is 8. The van der Waals surface area contributed by atoms with Gasteiger partial charge >= 0.3 is 0 Å². The lowest BCUT2D eigenvalue weighted by Crippen LogP contribution is -2.36. The molecule has 4 rings (SSSR count). The molecule has 0 radical (unpaired) electrons. The van der Waals surface area contributed by atoms with Gasteiger partial charge in [-0.1, -0.05) is 0 Å². The van der Waals surface area contributed by atoms with E-state index in [1.165, 1.54) is 25.7 Å². The van der Waals surface area contributed by atoms with Crippen molar-refractivity contribution in [2.45, 2.75) is 25.7 Å². The minimum Gasteiger partial charge on any atom is -0.369 e. The molecule has 0 atom stereocenters. The Balaban J connectivity index is 1.22. The smallest absolute Gasteiger partial charge is 0.229 e. The van der Waals surface area contributed by atoms with E-state index >= 15 is 0 Å². The molecule has 0 saturated carbocycles. The van der Waals surface area contributed by atoms with Crippen molar-refractivity contribution >= 4 is 40.6 Å². The molecule has 0 spiro atoms. The van der Waals surface area contributed by atoms with Gasteiger partial charge in [0, 0.05) is 64.6 Å². The zero-order chi connectivity index (χ0) is 22.9. The van der Waals surface area contributed by atoms with Crippen molar-refractivity contribution < 1.29 is 0 Å². The summed E-state index contributed by atoms with van der Waals surface area (Å²) >= 11 is 5.35. The second-order valence-corrected chi connectivity index (χ2v) is 9.06. The van der Waals surface area contributed by atoms with Gasteiger partial charge in [0.25, 0.3) is 0 Å². The molecule has 0 aliphatic carbocycles. The lowest BCUT2D eigenvalue weighted by Gasteiger charge is -2.22. The van der Waals surface area contributed by atoms with Gasteiger partial charge in [0.05, 0.1) is 11.9 Å². The second kappa shape index (κ2) is 11.9. The first-order valence-electron chi connectivity index (χ1n) is 11.9. The van der Waals surface area contributed by atoms with Gasteiger partial charge in [0.1, 0.15) is 11.6 Å². The van der Waals surface area contributed by atoms with Gasteiger partial charge in [0.15, 0.2) is 5.11 Å². The summed E-state index contributed by atoms with van der Waals surface area (Å²) in [6.45, 7) is 7.67. The van der Waals surface area contributed by atoms with Crippen molar-refractivity contribution in [3.05, 3.63) is 30.6 Å². The number of pyridine rings is 1. The average molecular weight is 470 g/mol. The summed E-state index contributed by atoms with van der Waals surface area (Å²) in [6.07, 6.45) is 8.42. The van der Waals surface area contributed by atoms with Crippen molar-refractivity contribution in [3.8, 4) is 0 Å². The highest BCUT2D eigenvalue weighted by atomic mass is 32.1. The molecule has 2 aliphatic heterocycles. The zero-order valence-corrected chi connectivity index (χ0v) is 20.3. The first-order valence-corrected chi connectivity index (χ1v) is 12.3. The van der Waals surface area contributed by atoms with Gasteiger partial charge in [-0.25, -0.2) is 0 Å². The minimum absolute atomic E-state index is 0.611. The normalized spacial score (nSPS) is 15.8. The van der Waals surface area contributed by atoms with Gasteiger partial charge in [-0.3, -0.25) is 4.98 Å². The van der Waals surface area contributed by atoms with E-state index in [1.54, 1.807) is 12.4 Å². The van der Waals surface area contributed by atoms with E-state index in [4.69, 9.17) is 22.2 Å². The van der Waals surface area contributed by atoms with E-state index < -0.39 is 0 Å². The summed E-state index contributed by atoms with van der Waals surface area (Å²) in [6, 6.07) is 5.93. The van der Waals surface area contributed by atoms with Crippen LogP contribution >= 0.6 is 12.2 Å². The van der Waals surface area contributed by atoms with Gasteiger partial charge in [-0.2, -0.15) is 9.97 Å². The Morgan fingerprint density at radius 2 is 1.76 bits per heavy atom. The van der Waals surface area contributed by atoms with Crippen LogP contribution in [0.15, 0.2) is 30.6 Å². The molecule has 2 saturated heterocycles. The maximum absolute atomic E-state index is 5.35. The number of aromatic nitrogens is 3. The van der Waals surface area contributed by atoms with Gasteiger partial charge in [-0.05, 0) is 57.1 Å². The molecule has 3 N–H and O–H groups in total. The largest absolute Gasteiger partial charge is 0.369 e. The molecule has 33 heavy (non-hydrogen) atoms. The summed E-state index contributed by atoms with van der Waals surface area (Å²) in [7, 11) is 2.12. The number of hydrogen-bond donors (Lipinski definition) is 3. The molecular weight excluding hydrogens is 434 g/mol. The maximum Gasteiger partial charge on any atom is 0.229 e. The molecule has 178 valence electrons. The molecule has 0 bridgehead atoms. The Hall–Kier alpha value is -2.72. The minimum atomic E-state index is 0.611. The Labute approximate surface area is 202 Å². The standard InChI is InChI=1S/C23H35N9S/c1-30(16-10-26-23(33)27-19-7-6-8-24-18-19)15-9-25-20-17-21(31-11-2-3-12-31)29-22(28-20)32-13-4-5-14-32/h6-8,17-18H,2-5,9-16H2,1H3,(H,25,28,29)(H2,26,27,33). The fourth-order valence-electron chi connectivity index (χ4n) is 4.14. The Morgan fingerprint density at radius 1 is 1.03 bits per heavy atom. The first kappa shape index (κ1) is 23.4. The Bertz CT molecular complexity index is 849. The number of rotatable bonds is 10. The number of nitrogens with one attached hydrogen (secondary N) is 3. The van der Waals surface area contributed by atoms with Crippen LogP contribution in [-0.2, 0) is 0 Å². The topological polar surface area (TPSA) is 84.5 Å². The van der Waals surface area contributed by atoms with Crippen molar-refractivity contribution in [2.24, 2.45) is 0 Å². The molecule has 10 heteroatoms. The van der Waals surface area contributed by atoms with Crippen LogP contribution in [-0.4, -0.2) is 84.4 Å². The SMILES string of the molecule is CN(CCNC(=S)Nc1cccnc1)CCNc1cc(N2CCCC2)nc(N2CCCC2)n1. The van der Waals surface area contributed by atoms with Crippen LogP contribution in [0.4, 0.5) is 23.3 Å². The van der Waals surface area contributed by atoms with Crippen LogP contribution in [0.5, 0.6) is 0 Å². The predicted molar refractivity (Wildman–Crippen MR) is 139 cm³/mol. The van der Waals surface area contributed by atoms with Crippen molar-refractivity contribution in [1.29, 1.82) is 0 Å². The monoisotopic (exact) mass is 469 g/mol. The molecule has 9 nitrogen and oxygen atoms in total. The zero-order valence-electron chi connectivity index (χ0n) is 19.5. The number of thiocarbonyl (C=S) groups is 1. The summed E-state index contributed by atoms with van der Waals surface area (Å²) in [5.74, 6) is 2.84. The van der Waals surface area contributed by atoms with E-state index in [-0.39, 0.29) is 0 Å². The van der Waals surface area contributed by atoms with Crippen LogP contribution in [0, 0.1) is 0 Å². The summed E-state index contributed by atoms with van der Waals surface area (Å²) in [5, 5.41) is 10.5. The third kappa shape index (κ3) is 7.13. The fourth-order valence-corrected chi connectivity index (χ4v) is 4.36. The molecule has 0 unspecified atom stereocenters. The molecule has 2 aliphatic rings. The lowest BCUT2D eigenvalue weighted by atomic mass is 10.4. The predicted octanol–water partition coefficient (Wildman–Crippen LogP) is 2.40. The van der Waals surface area contributed by atoms with Gasteiger partial charge in [0.2, 0.25) is 5.95 Å². The number of likely N-dealkylation sites (N-methyl/N-ethyl adjacent to an activating group) is 1. The van der Waals surface area contributed by atoms with E-state index in [1.807, 2.05) is 12.1 Å². The van der Waals surface area contributed by atoms with Crippen LogP contribution in [0.25, 0.3) is 0 Å². The molecular formula is C23H35N9S.